The molecule has 0 saturated carbocycles. The van der Waals surface area contributed by atoms with Crippen molar-refractivity contribution in [3.63, 3.8) is 0 Å². The van der Waals surface area contributed by atoms with Gasteiger partial charge in [-0.1, -0.05) is 12.1 Å². The number of rotatable bonds is 6. The number of ether oxygens (including phenoxy) is 1. The summed E-state index contributed by atoms with van der Waals surface area (Å²) in [5, 5.41) is 8.36. The second kappa shape index (κ2) is 9.19. The van der Waals surface area contributed by atoms with Crippen molar-refractivity contribution in [2.45, 2.75) is 31.4 Å². The Bertz CT molecular complexity index is 872. The average Bonchev–Trinajstić information content (AvgIpc) is 3.22. The summed E-state index contributed by atoms with van der Waals surface area (Å²) in [7, 11) is 1.59. The summed E-state index contributed by atoms with van der Waals surface area (Å²) >= 11 is 0. The average molecular weight is 424 g/mol. The van der Waals surface area contributed by atoms with E-state index in [1.165, 1.54) is 6.07 Å². The van der Waals surface area contributed by atoms with Gasteiger partial charge in [-0.2, -0.15) is 18.3 Å². The third-order valence-corrected chi connectivity index (χ3v) is 5.08. The molecule has 0 spiro atoms. The molecule has 2 amide bonds. The van der Waals surface area contributed by atoms with Gasteiger partial charge in [0.1, 0.15) is 18.0 Å². The second-order valence-corrected chi connectivity index (χ2v) is 7.19. The van der Waals surface area contributed by atoms with Gasteiger partial charge in [-0.05, 0) is 36.6 Å². The molecule has 1 saturated heterocycles. The molecule has 1 aromatic carbocycles. The van der Waals surface area contributed by atoms with E-state index in [0.717, 1.165) is 11.3 Å². The number of benzene rings is 1. The fourth-order valence-electron chi connectivity index (χ4n) is 3.40. The molecule has 2 N–H and O–H groups in total. The Morgan fingerprint density at radius 3 is 2.50 bits per heavy atom. The molecule has 0 radical (unpaired) electrons. The number of aromatic nitrogens is 2. The molecule has 0 unspecified atom stereocenters. The summed E-state index contributed by atoms with van der Waals surface area (Å²) in [5.41, 5.74) is 1.52. The van der Waals surface area contributed by atoms with Gasteiger partial charge >= 0.3 is 6.18 Å². The molecular formula is C20H23F3N4O3. The highest BCUT2D eigenvalue weighted by Crippen LogP contribution is 2.27. The monoisotopic (exact) mass is 424 g/mol. The van der Waals surface area contributed by atoms with E-state index in [1.807, 2.05) is 24.3 Å². The second-order valence-electron chi connectivity index (χ2n) is 7.19. The number of nitrogens with zero attached hydrogens (tertiary/aromatic N) is 2. The van der Waals surface area contributed by atoms with Gasteiger partial charge in [0.05, 0.1) is 13.5 Å². The lowest BCUT2D eigenvalue weighted by molar-refractivity contribution is -0.131. The Labute approximate surface area is 171 Å². The predicted molar refractivity (Wildman–Crippen MR) is 102 cm³/mol. The number of carbonyl (C=O) groups excluding carboxylic acids is 2. The van der Waals surface area contributed by atoms with Crippen LogP contribution in [-0.2, 0) is 11.2 Å². The van der Waals surface area contributed by atoms with E-state index in [9.17, 15) is 22.8 Å². The molecule has 10 heteroatoms. The van der Waals surface area contributed by atoms with Crippen LogP contribution in [0.1, 0.15) is 40.5 Å². The fourth-order valence-corrected chi connectivity index (χ4v) is 3.40. The van der Waals surface area contributed by atoms with Gasteiger partial charge in [-0.15, -0.1) is 0 Å². The fraction of sp³-hybridized carbons (Fsp3) is 0.450. The molecule has 3 rings (SSSR count). The quantitative estimate of drug-likeness (QED) is 0.747. The summed E-state index contributed by atoms with van der Waals surface area (Å²) in [4.78, 5) is 26.1. The summed E-state index contributed by atoms with van der Waals surface area (Å²) in [6.07, 6.45) is -2.80. The van der Waals surface area contributed by atoms with Crippen LogP contribution in [0.5, 0.6) is 5.75 Å². The first-order valence-corrected chi connectivity index (χ1v) is 9.56. The largest absolute Gasteiger partial charge is 0.497 e. The molecule has 0 aliphatic carbocycles. The summed E-state index contributed by atoms with van der Waals surface area (Å²) in [6.45, 7) is -0.273. The standard InChI is InChI=1S/C20H23F3N4O3/c1-30-15-4-2-13(3-5-15)10-18(28)27-8-6-14(7-9-27)16-11-17(26-25-16)19(29)24-12-20(21,22)23/h2-5,11,14H,6-10,12H2,1H3,(H,24,29)(H,25,26). The van der Waals surface area contributed by atoms with Crippen molar-refractivity contribution in [3.8, 4) is 5.75 Å². The van der Waals surface area contributed by atoms with Crippen LogP contribution in [0.3, 0.4) is 0 Å². The van der Waals surface area contributed by atoms with Gasteiger partial charge in [0, 0.05) is 24.7 Å². The van der Waals surface area contributed by atoms with Crippen LogP contribution in [0, 0.1) is 0 Å². The third kappa shape index (κ3) is 5.74. The topological polar surface area (TPSA) is 87.3 Å². The van der Waals surface area contributed by atoms with Crippen LogP contribution >= 0.6 is 0 Å². The highest BCUT2D eigenvalue weighted by molar-refractivity contribution is 5.92. The highest BCUT2D eigenvalue weighted by Gasteiger charge is 2.29. The number of hydrogen-bond acceptors (Lipinski definition) is 4. The van der Waals surface area contributed by atoms with E-state index < -0.39 is 18.6 Å². The SMILES string of the molecule is COc1ccc(CC(=O)N2CCC(c3cc(C(=O)NCC(F)(F)F)n[nH]3)CC2)cc1. The maximum atomic E-state index is 12.5. The summed E-state index contributed by atoms with van der Waals surface area (Å²) < 4.78 is 41.8. The number of likely N-dealkylation sites (tertiary alicyclic amines) is 1. The van der Waals surface area contributed by atoms with Gasteiger partial charge in [-0.3, -0.25) is 14.7 Å². The highest BCUT2D eigenvalue weighted by atomic mass is 19.4. The zero-order valence-corrected chi connectivity index (χ0v) is 16.5. The molecule has 7 nitrogen and oxygen atoms in total. The molecule has 0 bridgehead atoms. The number of piperidine rings is 1. The molecule has 1 aliphatic rings. The smallest absolute Gasteiger partial charge is 0.405 e. The van der Waals surface area contributed by atoms with Crippen molar-refractivity contribution < 1.29 is 27.5 Å². The molecule has 1 fully saturated rings. The van der Waals surface area contributed by atoms with Crippen LogP contribution < -0.4 is 10.1 Å². The number of methoxy groups -OCH3 is 1. The molecule has 162 valence electrons. The zero-order chi connectivity index (χ0) is 21.7. The first-order valence-electron chi connectivity index (χ1n) is 9.56. The maximum Gasteiger partial charge on any atom is 0.405 e. The van der Waals surface area contributed by atoms with Gasteiger partial charge in [0.15, 0.2) is 0 Å². The van der Waals surface area contributed by atoms with Crippen molar-refractivity contribution in [2.24, 2.45) is 0 Å². The Balaban J connectivity index is 1.49. The third-order valence-electron chi connectivity index (χ3n) is 5.08. The van der Waals surface area contributed by atoms with Gasteiger partial charge in [-0.25, -0.2) is 0 Å². The Hall–Kier alpha value is -3.04. The van der Waals surface area contributed by atoms with Gasteiger partial charge in [0.2, 0.25) is 5.91 Å². The number of nitrogens with one attached hydrogen (secondary N) is 2. The Morgan fingerprint density at radius 2 is 1.90 bits per heavy atom. The minimum absolute atomic E-state index is 0.0374. The van der Waals surface area contributed by atoms with Gasteiger partial charge < -0.3 is 15.0 Å². The number of hydrogen-bond donors (Lipinski definition) is 2. The van der Waals surface area contributed by atoms with Crippen LogP contribution in [0.25, 0.3) is 0 Å². The predicted octanol–water partition coefficient (Wildman–Crippen LogP) is 2.66. The summed E-state index contributed by atoms with van der Waals surface area (Å²) in [6, 6.07) is 8.83. The molecule has 2 aromatic rings. The lowest BCUT2D eigenvalue weighted by atomic mass is 9.93. The number of aromatic amines is 1. The number of alkyl halides is 3. The first kappa shape index (κ1) is 21.7. The zero-order valence-electron chi connectivity index (χ0n) is 16.5. The van der Waals surface area contributed by atoms with E-state index in [2.05, 4.69) is 10.2 Å². The van der Waals surface area contributed by atoms with E-state index in [0.29, 0.717) is 38.0 Å². The van der Waals surface area contributed by atoms with Crippen molar-refractivity contribution in [3.05, 3.63) is 47.3 Å². The number of H-pyrrole nitrogens is 1. The Morgan fingerprint density at radius 1 is 1.23 bits per heavy atom. The van der Waals surface area contributed by atoms with Crippen LogP contribution in [-0.4, -0.2) is 59.8 Å². The van der Waals surface area contributed by atoms with Crippen molar-refractivity contribution in [2.75, 3.05) is 26.7 Å². The van der Waals surface area contributed by atoms with Crippen molar-refractivity contribution in [1.82, 2.24) is 20.4 Å². The van der Waals surface area contributed by atoms with E-state index >= 15 is 0 Å². The number of halogens is 3. The van der Waals surface area contributed by atoms with Crippen molar-refractivity contribution >= 4 is 11.8 Å². The number of carbonyl (C=O) groups is 2. The first-order chi connectivity index (χ1) is 14.2. The minimum atomic E-state index is -4.47. The normalized spacial score (nSPS) is 15.1. The molecule has 0 atom stereocenters. The number of amides is 2. The van der Waals surface area contributed by atoms with Crippen molar-refractivity contribution in [1.29, 1.82) is 0 Å². The molecular weight excluding hydrogens is 401 g/mol. The van der Waals surface area contributed by atoms with E-state index in [1.54, 1.807) is 17.3 Å². The molecule has 1 aliphatic heterocycles. The minimum Gasteiger partial charge on any atom is -0.497 e. The molecule has 30 heavy (non-hydrogen) atoms. The molecule has 2 heterocycles. The Kier molecular flexibility index (Phi) is 6.63. The lowest BCUT2D eigenvalue weighted by Gasteiger charge is -2.31. The van der Waals surface area contributed by atoms with Gasteiger partial charge in [0.25, 0.3) is 5.91 Å². The van der Waals surface area contributed by atoms with Crippen LogP contribution in [0.4, 0.5) is 13.2 Å². The molecule has 1 aromatic heterocycles. The van der Waals surface area contributed by atoms with E-state index in [-0.39, 0.29) is 17.5 Å². The summed E-state index contributed by atoms with van der Waals surface area (Å²) in [5.74, 6) is -0.0397. The van der Waals surface area contributed by atoms with E-state index in [4.69, 9.17) is 4.74 Å². The van der Waals surface area contributed by atoms with Crippen LogP contribution in [0.2, 0.25) is 0 Å². The maximum absolute atomic E-state index is 12.5. The lowest BCUT2D eigenvalue weighted by Crippen LogP contribution is -2.38. The van der Waals surface area contributed by atoms with Crippen LogP contribution in [0.15, 0.2) is 30.3 Å².